The van der Waals surface area contributed by atoms with Crippen LogP contribution in [0.15, 0.2) is 47.7 Å². The Hall–Kier alpha value is -2.79. The first-order chi connectivity index (χ1) is 14.2. The summed E-state index contributed by atoms with van der Waals surface area (Å²) in [5, 5.41) is 7.65. The highest BCUT2D eigenvalue weighted by Gasteiger charge is 2.39. The number of allylic oxidation sites excluding steroid dienone is 1. The van der Waals surface area contributed by atoms with E-state index in [-0.39, 0.29) is 17.2 Å². The summed E-state index contributed by atoms with van der Waals surface area (Å²) in [6.45, 7) is 6.21. The first-order valence-corrected chi connectivity index (χ1v) is 10.3. The third kappa shape index (κ3) is 3.70. The van der Waals surface area contributed by atoms with Crippen LogP contribution in [0.25, 0.3) is 0 Å². The monoisotopic (exact) mass is 424 g/mol. The van der Waals surface area contributed by atoms with Crippen LogP contribution in [0.5, 0.6) is 0 Å². The van der Waals surface area contributed by atoms with Gasteiger partial charge in [0.05, 0.1) is 30.1 Å². The Morgan fingerprint density at radius 2 is 1.90 bits per heavy atom. The van der Waals surface area contributed by atoms with Gasteiger partial charge >= 0.3 is 5.97 Å². The van der Waals surface area contributed by atoms with Crippen molar-refractivity contribution < 1.29 is 14.3 Å². The Balaban J connectivity index is 1.89. The SMILES string of the molecule is COC(=O)c1ccc2c(c1)NC(c1ccc(Cl)cc1C)C1=C(CC(C)(C)CC1=O)N2. The second-order valence-corrected chi connectivity index (χ2v) is 9.22. The normalized spacial score (nSPS) is 19.8. The number of carbonyl (C=O) groups is 2. The van der Waals surface area contributed by atoms with Gasteiger partial charge in [0, 0.05) is 22.7 Å². The van der Waals surface area contributed by atoms with Gasteiger partial charge < -0.3 is 15.4 Å². The fourth-order valence-corrected chi connectivity index (χ4v) is 4.61. The molecular formula is C24H25ClN2O3. The minimum Gasteiger partial charge on any atom is -0.465 e. The Labute approximate surface area is 181 Å². The Kier molecular flexibility index (Phi) is 5.10. The van der Waals surface area contributed by atoms with Gasteiger partial charge in [0.2, 0.25) is 0 Å². The molecule has 4 rings (SSSR count). The minimum atomic E-state index is -0.405. The fraction of sp³-hybridized carbons (Fsp3) is 0.333. The van der Waals surface area contributed by atoms with E-state index in [1.165, 1.54) is 7.11 Å². The number of esters is 1. The number of nitrogens with one attached hydrogen (secondary N) is 2. The lowest BCUT2D eigenvalue weighted by molar-refractivity contribution is -0.118. The van der Waals surface area contributed by atoms with Gasteiger partial charge in [-0.15, -0.1) is 0 Å². The number of ketones is 1. The van der Waals surface area contributed by atoms with Crippen LogP contribution < -0.4 is 10.6 Å². The molecule has 0 saturated heterocycles. The van der Waals surface area contributed by atoms with Crippen LogP contribution >= 0.6 is 11.6 Å². The Morgan fingerprint density at radius 3 is 2.60 bits per heavy atom. The highest BCUT2D eigenvalue weighted by atomic mass is 35.5. The molecule has 2 aromatic carbocycles. The number of halogens is 1. The molecule has 6 heteroatoms. The second kappa shape index (κ2) is 7.47. The summed E-state index contributed by atoms with van der Waals surface area (Å²) in [7, 11) is 1.36. The lowest BCUT2D eigenvalue weighted by atomic mass is 9.73. The van der Waals surface area contributed by atoms with Crippen molar-refractivity contribution in [3.8, 4) is 0 Å². The van der Waals surface area contributed by atoms with Crippen LogP contribution in [0.2, 0.25) is 5.02 Å². The lowest BCUT2D eigenvalue weighted by Crippen LogP contribution is -2.31. The third-order valence-electron chi connectivity index (χ3n) is 5.78. The number of rotatable bonds is 2. The molecule has 1 aliphatic carbocycles. The fourth-order valence-electron chi connectivity index (χ4n) is 4.39. The number of anilines is 2. The molecule has 0 aromatic heterocycles. The summed E-state index contributed by atoms with van der Waals surface area (Å²) in [5.74, 6) is -0.278. The van der Waals surface area contributed by atoms with E-state index in [2.05, 4.69) is 24.5 Å². The van der Waals surface area contributed by atoms with E-state index >= 15 is 0 Å². The van der Waals surface area contributed by atoms with Crippen LogP contribution in [0.1, 0.15) is 54.2 Å². The van der Waals surface area contributed by atoms with Gasteiger partial charge in [-0.25, -0.2) is 4.79 Å². The molecule has 0 saturated carbocycles. The van der Waals surface area contributed by atoms with Crippen LogP contribution in [0.3, 0.4) is 0 Å². The van der Waals surface area contributed by atoms with Crippen molar-refractivity contribution in [3.63, 3.8) is 0 Å². The molecule has 2 aromatic rings. The number of ether oxygens (including phenoxy) is 1. The number of methoxy groups -OCH3 is 1. The van der Waals surface area contributed by atoms with Gasteiger partial charge in [0.15, 0.2) is 5.78 Å². The molecule has 1 aliphatic heterocycles. The van der Waals surface area contributed by atoms with Gasteiger partial charge in [-0.3, -0.25) is 4.79 Å². The third-order valence-corrected chi connectivity index (χ3v) is 6.01. The summed E-state index contributed by atoms with van der Waals surface area (Å²) in [6.07, 6.45) is 1.25. The smallest absolute Gasteiger partial charge is 0.337 e. The van der Waals surface area contributed by atoms with E-state index in [0.29, 0.717) is 17.0 Å². The summed E-state index contributed by atoms with van der Waals surface area (Å²) in [6, 6.07) is 10.7. The summed E-state index contributed by atoms with van der Waals surface area (Å²) < 4.78 is 4.87. The Bertz CT molecular complexity index is 1090. The predicted molar refractivity (Wildman–Crippen MR) is 119 cm³/mol. The molecule has 0 radical (unpaired) electrons. The molecule has 156 valence electrons. The van der Waals surface area contributed by atoms with E-state index < -0.39 is 5.97 Å². The van der Waals surface area contributed by atoms with Crippen molar-refractivity contribution in [1.82, 2.24) is 0 Å². The van der Waals surface area contributed by atoms with Crippen molar-refractivity contribution in [3.05, 3.63) is 69.4 Å². The Morgan fingerprint density at radius 1 is 1.13 bits per heavy atom. The van der Waals surface area contributed by atoms with Crippen molar-refractivity contribution in [2.75, 3.05) is 17.7 Å². The molecule has 5 nitrogen and oxygen atoms in total. The molecule has 1 atom stereocenters. The molecule has 0 amide bonds. The number of hydrogen-bond donors (Lipinski definition) is 2. The highest BCUT2D eigenvalue weighted by Crippen LogP contribution is 2.46. The van der Waals surface area contributed by atoms with Gasteiger partial charge in [-0.1, -0.05) is 31.5 Å². The second-order valence-electron chi connectivity index (χ2n) is 8.79. The number of Topliss-reactive ketones (excluding diaryl/α,β-unsaturated/α-hetero) is 1. The quantitative estimate of drug-likeness (QED) is 0.609. The molecule has 2 N–H and O–H groups in total. The zero-order chi connectivity index (χ0) is 21.6. The topological polar surface area (TPSA) is 67.4 Å². The number of carbonyl (C=O) groups excluding carboxylic acids is 2. The zero-order valence-corrected chi connectivity index (χ0v) is 18.3. The molecule has 0 bridgehead atoms. The van der Waals surface area contributed by atoms with Crippen LogP contribution in [0.4, 0.5) is 11.4 Å². The lowest BCUT2D eigenvalue weighted by Gasteiger charge is -2.34. The van der Waals surface area contributed by atoms with Gasteiger partial charge in [0.1, 0.15) is 0 Å². The average molecular weight is 425 g/mol. The molecule has 1 heterocycles. The largest absolute Gasteiger partial charge is 0.465 e. The predicted octanol–water partition coefficient (Wildman–Crippen LogP) is 5.66. The zero-order valence-electron chi connectivity index (χ0n) is 17.6. The van der Waals surface area contributed by atoms with Crippen LogP contribution in [-0.4, -0.2) is 18.9 Å². The first-order valence-electron chi connectivity index (χ1n) is 9.97. The summed E-state index contributed by atoms with van der Waals surface area (Å²) in [5.41, 5.74) is 5.55. The maximum Gasteiger partial charge on any atom is 0.337 e. The average Bonchev–Trinajstić information content (AvgIpc) is 2.82. The standard InChI is InChI=1S/C24H25ClN2O3/c1-13-9-15(25)6-7-16(13)22-21-19(11-24(2,3)12-20(21)28)26-17-8-5-14(23(29)30-4)10-18(17)27-22/h5-10,22,26-27H,11-12H2,1-4H3. The first kappa shape index (κ1) is 20.5. The molecule has 2 aliphatic rings. The highest BCUT2D eigenvalue weighted by molar-refractivity contribution is 6.30. The molecule has 0 fully saturated rings. The number of fused-ring (bicyclic) bond motifs is 1. The molecule has 30 heavy (non-hydrogen) atoms. The number of hydrogen-bond acceptors (Lipinski definition) is 5. The maximum absolute atomic E-state index is 13.3. The van der Waals surface area contributed by atoms with E-state index in [9.17, 15) is 9.59 Å². The molecule has 0 spiro atoms. The molecule has 1 unspecified atom stereocenters. The van der Waals surface area contributed by atoms with Crippen molar-refractivity contribution in [2.24, 2.45) is 5.41 Å². The van der Waals surface area contributed by atoms with Gasteiger partial charge in [-0.2, -0.15) is 0 Å². The van der Waals surface area contributed by atoms with Crippen molar-refractivity contribution in [2.45, 2.75) is 39.7 Å². The van der Waals surface area contributed by atoms with Crippen molar-refractivity contribution >= 4 is 34.7 Å². The summed E-state index contributed by atoms with van der Waals surface area (Å²) in [4.78, 5) is 25.4. The maximum atomic E-state index is 13.3. The van der Waals surface area contributed by atoms with Crippen molar-refractivity contribution in [1.29, 1.82) is 0 Å². The molecular weight excluding hydrogens is 400 g/mol. The number of aryl methyl sites for hydroxylation is 1. The number of benzene rings is 2. The van der Waals surface area contributed by atoms with Gasteiger partial charge in [0.25, 0.3) is 0 Å². The van der Waals surface area contributed by atoms with E-state index in [0.717, 1.165) is 40.2 Å². The van der Waals surface area contributed by atoms with Gasteiger partial charge in [-0.05, 0) is 60.2 Å². The van der Waals surface area contributed by atoms with E-state index in [1.54, 1.807) is 12.1 Å². The minimum absolute atomic E-state index is 0.126. The van der Waals surface area contributed by atoms with E-state index in [4.69, 9.17) is 16.3 Å². The van der Waals surface area contributed by atoms with Crippen LogP contribution in [0, 0.1) is 12.3 Å². The summed E-state index contributed by atoms with van der Waals surface area (Å²) >= 11 is 6.18. The van der Waals surface area contributed by atoms with Crippen LogP contribution in [-0.2, 0) is 9.53 Å². The van der Waals surface area contributed by atoms with E-state index in [1.807, 2.05) is 31.2 Å².